The van der Waals surface area contributed by atoms with Crippen LogP contribution >= 0.6 is 0 Å². The van der Waals surface area contributed by atoms with Gasteiger partial charge in [0.2, 0.25) is 0 Å². The van der Waals surface area contributed by atoms with E-state index >= 15 is 0 Å². The Bertz CT molecular complexity index is 431. The van der Waals surface area contributed by atoms with Gasteiger partial charge < -0.3 is 14.2 Å². The Balaban J connectivity index is 2.17. The third-order valence-corrected chi connectivity index (χ3v) is 2.16. The molecule has 0 radical (unpaired) electrons. The van der Waals surface area contributed by atoms with Crippen LogP contribution in [0.4, 0.5) is 0 Å². The normalized spacial score (nSPS) is 10.8. The fourth-order valence-corrected chi connectivity index (χ4v) is 1.34. The van der Waals surface area contributed by atoms with E-state index in [4.69, 9.17) is 8.83 Å². The molecule has 80 valence electrons. The van der Waals surface area contributed by atoms with Crippen molar-refractivity contribution in [1.29, 1.82) is 0 Å². The third-order valence-electron chi connectivity index (χ3n) is 2.16. The van der Waals surface area contributed by atoms with Crippen LogP contribution in [0.25, 0.3) is 11.7 Å². The molecule has 2 aromatic heterocycles. The summed E-state index contributed by atoms with van der Waals surface area (Å²) < 4.78 is 10.6. The third kappa shape index (κ3) is 2.10. The molecule has 2 rings (SSSR count). The summed E-state index contributed by atoms with van der Waals surface area (Å²) in [6, 6.07) is 1.89. The van der Waals surface area contributed by atoms with Gasteiger partial charge >= 0.3 is 0 Å². The Hall–Kier alpha value is -1.55. The van der Waals surface area contributed by atoms with Gasteiger partial charge in [-0.2, -0.15) is 0 Å². The van der Waals surface area contributed by atoms with Crippen LogP contribution in [0.5, 0.6) is 0 Å². The van der Waals surface area contributed by atoms with E-state index in [2.05, 4.69) is 17.2 Å². The quantitative estimate of drug-likeness (QED) is 0.834. The monoisotopic (exact) mass is 206 g/mol. The molecule has 0 aromatic carbocycles. The van der Waals surface area contributed by atoms with Crippen LogP contribution in [0.1, 0.15) is 18.2 Å². The lowest BCUT2D eigenvalue weighted by atomic mass is 10.3. The van der Waals surface area contributed by atoms with Crippen LogP contribution in [0.2, 0.25) is 0 Å². The number of nitrogens with one attached hydrogen (secondary N) is 1. The number of furan rings is 1. The molecule has 1 N–H and O–H groups in total. The second kappa shape index (κ2) is 4.31. The molecule has 0 saturated heterocycles. The van der Waals surface area contributed by atoms with Crippen LogP contribution in [-0.2, 0) is 6.54 Å². The maximum absolute atomic E-state index is 5.34. The molecule has 0 bridgehead atoms. The summed E-state index contributed by atoms with van der Waals surface area (Å²) in [6.45, 7) is 5.66. The van der Waals surface area contributed by atoms with Crippen molar-refractivity contribution in [3.8, 4) is 11.7 Å². The zero-order valence-corrected chi connectivity index (χ0v) is 8.91. The van der Waals surface area contributed by atoms with Gasteiger partial charge in [-0.3, -0.25) is 0 Å². The molecule has 0 aliphatic rings. The van der Waals surface area contributed by atoms with Gasteiger partial charge in [0.05, 0.1) is 12.0 Å². The lowest BCUT2D eigenvalue weighted by Crippen LogP contribution is -2.11. The molecule has 4 nitrogen and oxygen atoms in total. The van der Waals surface area contributed by atoms with Gasteiger partial charge in [0.1, 0.15) is 6.26 Å². The summed E-state index contributed by atoms with van der Waals surface area (Å²) in [5.41, 5.74) is 1.93. The number of hydrogen-bond donors (Lipinski definition) is 1. The van der Waals surface area contributed by atoms with Crippen LogP contribution < -0.4 is 5.32 Å². The van der Waals surface area contributed by atoms with Crippen LogP contribution in [-0.4, -0.2) is 11.5 Å². The fraction of sp³-hybridized carbons (Fsp3) is 0.364. The first-order valence-electron chi connectivity index (χ1n) is 5.01. The maximum atomic E-state index is 5.34. The van der Waals surface area contributed by atoms with E-state index in [1.165, 1.54) is 0 Å². The number of oxazole rings is 1. The van der Waals surface area contributed by atoms with Crippen molar-refractivity contribution in [3.05, 3.63) is 29.9 Å². The van der Waals surface area contributed by atoms with Crippen molar-refractivity contribution >= 4 is 0 Å². The molecular weight excluding hydrogens is 192 g/mol. The van der Waals surface area contributed by atoms with Crippen molar-refractivity contribution in [3.63, 3.8) is 0 Å². The maximum Gasteiger partial charge on any atom is 0.263 e. The summed E-state index contributed by atoms with van der Waals surface area (Å²) in [4.78, 5) is 4.33. The summed E-state index contributed by atoms with van der Waals surface area (Å²) in [5.74, 6) is 1.25. The van der Waals surface area contributed by atoms with Gasteiger partial charge in [-0.05, 0) is 19.5 Å². The molecule has 0 saturated carbocycles. The van der Waals surface area contributed by atoms with E-state index in [1.54, 1.807) is 12.5 Å². The van der Waals surface area contributed by atoms with Crippen molar-refractivity contribution in [2.24, 2.45) is 0 Å². The first kappa shape index (κ1) is 9.98. The first-order valence-corrected chi connectivity index (χ1v) is 5.01. The largest absolute Gasteiger partial charge is 0.459 e. The molecule has 0 unspecified atom stereocenters. The van der Waals surface area contributed by atoms with E-state index in [0.29, 0.717) is 11.7 Å². The van der Waals surface area contributed by atoms with Gasteiger partial charge in [0.25, 0.3) is 5.89 Å². The summed E-state index contributed by atoms with van der Waals surface area (Å²) in [6.07, 6.45) is 3.29. The molecule has 2 heterocycles. The number of aromatic nitrogens is 1. The molecule has 4 heteroatoms. The average molecular weight is 206 g/mol. The van der Waals surface area contributed by atoms with Gasteiger partial charge in [-0.25, -0.2) is 4.98 Å². The van der Waals surface area contributed by atoms with E-state index in [1.807, 2.05) is 13.0 Å². The standard InChI is InChI=1S/C11H14N2O2/c1-3-12-6-9-7-15-11(13-9)10-8(2)4-5-14-10/h4-5,7,12H,3,6H2,1-2H3. The SMILES string of the molecule is CCNCc1coc(-c2occc2C)n1. The molecular formula is C11H14N2O2. The molecule has 0 aliphatic heterocycles. The fourth-order valence-electron chi connectivity index (χ4n) is 1.34. The highest BCUT2D eigenvalue weighted by molar-refractivity contribution is 5.50. The summed E-state index contributed by atoms with van der Waals surface area (Å²) in [7, 11) is 0. The Morgan fingerprint density at radius 3 is 2.93 bits per heavy atom. The predicted octanol–water partition coefficient (Wildman–Crippen LogP) is 2.35. The van der Waals surface area contributed by atoms with Crippen LogP contribution in [0.3, 0.4) is 0 Å². The molecule has 0 spiro atoms. The Morgan fingerprint density at radius 1 is 1.40 bits per heavy atom. The Morgan fingerprint density at radius 2 is 2.27 bits per heavy atom. The topological polar surface area (TPSA) is 51.2 Å². The predicted molar refractivity (Wildman–Crippen MR) is 56.3 cm³/mol. The minimum absolute atomic E-state index is 0.547. The van der Waals surface area contributed by atoms with Gasteiger partial charge in [-0.1, -0.05) is 6.92 Å². The van der Waals surface area contributed by atoms with E-state index in [-0.39, 0.29) is 0 Å². The zero-order chi connectivity index (χ0) is 10.7. The minimum Gasteiger partial charge on any atom is -0.459 e. The van der Waals surface area contributed by atoms with Gasteiger partial charge in [0.15, 0.2) is 5.76 Å². The molecule has 0 fully saturated rings. The van der Waals surface area contributed by atoms with Gasteiger partial charge in [-0.15, -0.1) is 0 Å². The second-order valence-corrected chi connectivity index (χ2v) is 3.36. The van der Waals surface area contributed by atoms with Gasteiger partial charge in [0, 0.05) is 12.1 Å². The van der Waals surface area contributed by atoms with E-state index < -0.39 is 0 Å². The van der Waals surface area contributed by atoms with Crippen molar-refractivity contribution in [2.45, 2.75) is 20.4 Å². The highest BCUT2D eigenvalue weighted by atomic mass is 16.4. The smallest absolute Gasteiger partial charge is 0.263 e. The number of nitrogens with zero attached hydrogens (tertiary/aromatic N) is 1. The average Bonchev–Trinajstić information content (AvgIpc) is 2.83. The minimum atomic E-state index is 0.547. The lowest BCUT2D eigenvalue weighted by molar-refractivity contribution is 0.515. The van der Waals surface area contributed by atoms with Crippen molar-refractivity contribution in [2.75, 3.05) is 6.54 Å². The second-order valence-electron chi connectivity index (χ2n) is 3.36. The number of hydrogen-bond acceptors (Lipinski definition) is 4. The zero-order valence-electron chi connectivity index (χ0n) is 8.91. The molecule has 15 heavy (non-hydrogen) atoms. The first-order chi connectivity index (χ1) is 7.31. The van der Waals surface area contributed by atoms with E-state index in [0.717, 1.165) is 24.3 Å². The summed E-state index contributed by atoms with van der Waals surface area (Å²) in [5, 5.41) is 3.18. The molecule has 0 amide bonds. The van der Waals surface area contributed by atoms with E-state index in [9.17, 15) is 0 Å². The van der Waals surface area contributed by atoms with Crippen LogP contribution in [0, 0.1) is 6.92 Å². The molecule has 0 aliphatic carbocycles. The Labute approximate surface area is 88.3 Å². The number of aryl methyl sites for hydroxylation is 1. The molecule has 0 atom stereocenters. The van der Waals surface area contributed by atoms with Crippen molar-refractivity contribution in [1.82, 2.24) is 10.3 Å². The highest BCUT2D eigenvalue weighted by Crippen LogP contribution is 2.23. The number of rotatable bonds is 4. The van der Waals surface area contributed by atoms with Crippen LogP contribution in [0.15, 0.2) is 27.4 Å². The summed E-state index contributed by atoms with van der Waals surface area (Å²) >= 11 is 0. The molecule has 2 aromatic rings. The van der Waals surface area contributed by atoms with Crippen molar-refractivity contribution < 1.29 is 8.83 Å². The lowest BCUT2D eigenvalue weighted by Gasteiger charge is -1.94. The Kier molecular flexibility index (Phi) is 2.87. The highest BCUT2D eigenvalue weighted by Gasteiger charge is 2.11.